The molecular formula is C21H34O5. The molecule has 0 aliphatic carbocycles. The number of aliphatic hydroxyl groups is 2. The third-order valence-electron chi connectivity index (χ3n) is 3.69. The number of ether oxygens (including phenoxy) is 1. The normalized spacial score (nSPS) is 13.0. The van der Waals surface area contributed by atoms with Crippen LogP contribution >= 0.6 is 0 Å². The van der Waals surface area contributed by atoms with Crippen molar-refractivity contribution in [3.05, 3.63) is 36.5 Å². The van der Waals surface area contributed by atoms with Crippen LogP contribution in [0.5, 0.6) is 0 Å². The fourth-order valence-corrected chi connectivity index (χ4v) is 2.12. The summed E-state index contributed by atoms with van der Waals surface area (Å²) >= 11 is 0. The molecule has 0 heterocycles. The third-order valence-corrected chi connectivity index (χ3v) is 3.69. The zero-order valence-electron chi connectivity index (χ0n) is 15.9. The highest BCUT2D eigenvalue weighted by Crippen LogP contribution is 2.06. The Kier molecular flexibility index (Phi) is 16.9. The lowest BCUT2D eigenvalue weighted by molar-refractivity contribution is -0.167. The maximum absolute atomic E-state index is 11.3. The third kappa shape index (κ3) is 15.8. The summed E-state index contributed by atoms with van der Waals surface area (Å²) in [6, 6.07) is 0. The number of carbonyl (C=O) groups excluding carboxylic acids is 2. The number of aliphatic hydroxyl groups excluding tert-OH is 2. The molecule has 1 unspecified atom stereocenters. The van der Waals surface area contributed by atoms with Gasteiger partial charge in [0, 0.05) is 6.42 Å². The average Bonchev–Trinajstić information content (AvgIpc) is 2.64. The topological polar surface area (TPSA) is 83.8 Å². The molecule has 0 aromatic carbocycles. The molecule has 0 aromatic rings. The number of carbonyl (C=O) groups is 2. The Morgan fingerprint density at radius 3 is 2.08 bits per heavy atom. The van der Waals surface area contributed by atoms with E-state index in [2.05, 4.69) is 29.9 Å². The van der Waals surface area contributed by atoms with Gasteiger partial charge in [-0.1, -0.05) is 62.6 Å². The van der Waals surface area contributed by atoms with Crippen molar-refractivity contribution >= 4 is 11.9 Å². The van der Waals surface area contributed by atoms with Crippen LogP contribution in [-0.2, 0) is 14.3 Å². The lowest BCUT2D eigenvalue weighted by Gasteiger charge is -2.05. The van der Waals surface area contributed by atoms with Gasteiger partial charge in [-0.3, -0.25) is 4.79 Å². The molecule has 0 bridgehead atoms. The predicted octanol–water partition coefficient (Wildman–Crippen LogP) is 4.00. The molecule has 0 fully saturated rings. The molecule has 0 aliphatic heterocycles. The monoisotopic (exact) mass is 366 g/mol. The zero-order valence-corrected chi connectivity index (χ0v) is 15.9. The molecule has 26 heavy (non-hydrogen) atoms. The molecule has 5 heteroatoms. The van der Waals surface area contributed by atoms with Crippen molar-refractivity contribution in [3.8, 4) is 0 Å². The van der Waals surface area contributed by atoms with E-state index >= 15 is 0 Å². The van der Waals surface area contributed by atoms with Crippen molar-refractivity contribution in [3.63, 3.8) is 0 Å². The Bertz CT molecular complexity index is 451. The SMILES string of the molecule is CCCC/C=C/CCCCC/C=C/C=C/CCC(=O)OC(=O)C(O)CO. The predicted molar refractivity (Wildman–Crippen MR) is 103 cm³/mol. The highest BCUT2D eigenvalue weighted by molar-refractivity contribution is 5.87. The Morgan fingerprint density at radius 1 is 0.885 bits per heavy atom. The molecule has 0 aromatic heterocycles. The van der Waals surface area contributed by atoms with Gasteiger partial charge in [0.05, 0.1) is 6.61 Å². The molecular weight excluding hydrogens is 332 g/mol. The second-order valence-electron chi connectivity index (χ2n) is 6.14. The van der Waals surface area contributed by atoms with Crippen LogP contribution in [0.25, 0.3) is 0 Å². The van der Waals surface area contributed by atoms with Gasteiger partial charge in [0.15, 0.2) is 6.10 Å². The summed E-state index contributed by atoms with van der Waals surface area (Å²) in [6.07, 6.45) is 20.8. The van der Waals surface area contributed by atoms with E-state index in [0.717, 1.165) is 6.42 Å². The lowest BCUT2D eigenvalue weighted by Crippen LogP contribution is -2.28. The van der Waals surface area contributed by atoms with Crippen molar-refractivity contribution in [1.82, 2.24) is 0 Å². The first kappa shape index (κ1) is 24.3. The van der Waals surface area contributed by atoms with Gasteiger partial charge in [-0.2, -0.15) is 0 Å². The van der Waals surface area contributed by atoms with E-state index in [-0.39, 0.29) is 6.42 Å². The van der Waals surface area contributed by atoms with Crippen LogP contribution < -0.4 is 0 Å². The first-order chi connectivity index (χ1) is 12.6. The van der Waals surface area contributed by atoms with Crippen LogP contribution in [0.2, 0.25) is 0 Å². The number of hydrogen-bond acceptors (Lipinski definition) is 5. The number of esters is 2. The van der Waals surface area contributed by atoms with Crippen LogP contribution in [0.3, 0.4) is 0 Å². The fraction of sp³-hybridized carbons (Fsp3) is 0.619. The first-order valence-corrected chi connectivity index (χ1v) is 9.61. The molecule has 0 radical (unpaired) electrons. The molecule has 0 amide bonds. The summed E-state index contributed by atoms with van der Waals surface area (Å²) in [5.74, 6) is -1.82. The first-order valence-electron chi connectivity index (χ1n) is 9.61. The summed E-state index contributed by atoms with van der Waals surface area (Å²) in [4.78, 5) is 22.4. The molecule has 5 nitrogen and oxygen atoms in total. The molecule has 0 saturated carbocycles. The number of rotatable bonds is 15. The molecule has 0 saturated heterocycles. The van der Waals surface area contributed by atoms with Crippen LogP contribution in [0, 0.1) is 0 Å². The van der Waals surface area contributed by atoms with Crippen molar-refractivity contribution in [1.29, 1.82) is 0 Å². The zero-order chi connectivity index (χ0) is 19.5. The van der Waals surface area contributed by atoms with Crippen LogP contribution in [0.1, 0.15) is 71.1 Å². The van der Waals surface area contributed by atoms with E-state index in [9.17, 15) is 9.59 Å². The van der Waals surface area contributed by atoms with E-state index in [0.29, 0.717) is 6.42 Å². The van der Waals surface area contributed by atoms with Crippen molar-refractivity contribution < 1.29 is 24.5 Å². The molecule has 148 valence electrons. The maximum Gasteiger partial charge on any atom is 0.345 e. The van der Waals surface area contributed by atoms with Crippen molar-refractivity contribution in [2.75, 3.05) is 6.61 Å². The summed E-state index contributed by atoms with van der Waals surface area (Å²) in [5.41, 5.74) is 0. The fourth-order valence-electron chi connectivity index (χ4n) is 2.12. The standard InChI is InChI=1S/C21H34O5/c1-2-3-4-5-6-7-8-9-10-11-12-13-14-15-16-17-20(24)26-21(25)19(23)18-22/h5-6,12-15,19,22-23H,2-4,7-11,16-18H2,1H3/b6-5+,13-12+,15-14+. The minimum Gasteiger partial charge on any atom is -0.393 e. The van der Waals surface area contributed by atoms with Gasteiger partial charge in [-0.15, -0.1) is 0 Å². The Labute approximate surface area is 157 Å². The highest BCUT2D eigenvalue weighted by atomic mass is 16.6. The second-order valence-corrected chi connectivity index (χ2v) is 6.14. The van der Waals surface area contributed by atoms with E-state index in [1.807, 2.05) is 18.2 Å². The summed E-state index contributed by atoms with van der Waals surface area (Å²) in [6.45, 7) is 1.45. The van der Waals surface area contributed by atoms with Gasteiger partial charge in [-0.05, 0) is 38.5 Å². The van der Waals surface area contributed by atoms with Gasteiger partial charge < -0.3 is 14.9 Å². The largest absolute Gasteiger partial charge is 0.393 e. The van der Waals surface area contributed by atoms with Crippen molar-refractivity contribution in [2.24, 2.45) is 0 Å². The molecule has 1 atom stereocenters. The van der Waals surface area contributed by atoms with E-state index in [1.54, 1.807) is 0 Å². The van der Waals surface area contributed by atoms with E-state index in [1.165, 1.54) is 44.9 Å². The Hall–Kier alpha value is -1.72. The van der Waals surface area contributed by atoms with Gasteiger partial charge in [0.1, 0.15) is 0 Å². The van der Waals surface area contributed by atoms with Crippen LogP contribution in [0.4, 0.5) is 0 Å². The van der Waals surface area contributed by atoms with E-state index < -0.39 is 24.6 Å². The van der Waals surface area contributed by atoms with Crippen molar-refractivity contribution in [2.45, 2.75) is 77.2 Å². The quantitative estimate of drug-likeness (QED) is 0.150. The Morgan fingerprint density at radius 2 is 1.46 bits per heavy atom. The average molecular weight is 366 g/mol. The second kappa shape index (κ2) is 18.1. The van der Waals surface area contributed by atoms with Gasteiger partial charge in [-0.25, -0.2) is 4.79 Å². The number of hydrogen-bond donors (Lipinski definition) is 2. The van der Waals surface area contributed by atoms with Crippen LogP contribution in [0.15, 0.2) is 36.5 Å². The summed E-state index contributed by atoms with van der Waals surface area (Å²) < 4.78 is 4.38. The summed E-state index contributed by atoms with van der Waals surface area (Å²) in [5, 5.41) is 17.5. The maximum atomic E-state index is 11.3. The number of allylic oxidation sites excluding steroid dienone is 6. The highest BCUT2D eigenvalue weighted by Gasteiger charge is 2.18. The molecule has 2 N–H and O–H groups in total. The number of unbranched alkanes of at least 4 members (excludes halogenated alkanes) is 6. The minimum absolute atomic E-state index is 0.0556. The molecule has 0 spiro atoms. The van der Waals surface area contributed by atoms with Crippen LogP contribution in [-0.4, -0.2) is 34.9 Å². The Balaban J connectivity index is 3.55. The van der Waals surface area contributed by atoms with Gasteiger partial charge in [0.2, 0.25) is 0 Å². The van der Waals surface area contributed by atoms with Gasteiger partial charge in [0.25, 0.3) is 0 Å². The smallest absolute Gasteiger partial charge is 0.345 e. The van der Waals surface area contributed by atoms with E-state index in [4.69, 9.17) is 10.2 Å². The van der Waals surface area contributed by atoms with Gasteiger partial charge >= 0.3 is 11.9 Å². The minimum atomic E-state index is -1.66. The lowest BCUT2D eigenvalue weighted by atomic mass is 10.1. The summed E-state index contributed by atoms with van der Waals surface area (Å²) in [7, 11) is 0. The molecule has 0 rings (SSSR count). The molecule has 0 aliphatic rings.